The molecule has 21 heavy (non-hydrogen) atoms. The lowest BCUT2D eigenvalue weighted by Gasteiger charge is -2.15. The van der Waals surface area contributed by atoms with Gasteiger partial charge in [0.1, 0.15) is 0 Å². The summed E-state index contributed by atoms with van der Waals surface area (Å²) in [7, 11) is -3.48. The largest absolute Gasteiger partial charge is 0.338 e. The van der Waals surface area contributed by atoms with E-state index >= 15 is 0 Å². The average Bonchev–Trinajstić information content (AvgIpc) is 3.01. The molecule has 0 unspecified atom stereocenters. The number of carbonyl (C=O) groups is 1. The quantitative estimate of drug-likeness (QED) is 0.932. The maximum atomic E-state index is 12.5. The lowest BCUT2D eigenvalue weighted by molar-refractivity contribution is 0.0793. The smallest absolute Gasteiger partial charge is 0.263 e. The van der Waals surface area contributed by atoms with Gasteiger partial charge in [0.05, 0.1) is 10.6 Å². The molecule has 2 N–H and O–H groups in total. The first-order chi connectivity index (χ1) is 9.92. The normalized spacial score (nSPS) is 19.3. The van der Waals surface area contributed by atoms with Gasteiger partial charge in [-0.3, -0.25) is 4.79 Å². The van der Waals surface area contributed by atoms with E-state index in [1.807, 2.05) is 30.3 Å². The predicted octanol–water partition coefficient (Wildman–Crippen LogP) is 1.65. The van der Waals surface area contributed by atoms with Crippen LogP contribution in [0.4, 0.5) is 0 Å². The Balaban J connectivity index is 1.74. The Morgan fingerprint density at radius 3 is 2.86 bits per heavy atom. The highest BCUT2D eigenvalue weighted by molar-refractivity contribution is 7.89. The number of nitrogens with two attached hydrogens (primary N) is 1. The van der Waals surface area contributed by atoms with E-state index in [0.29, 0.717) is 24.4 Å². The molecule has 1 atom stereocenters. The second-order valence-corrected chi connectivity index (χ2v) is 8.13. The summed E-state index contributed by atoms with van der Waals surface area (Å²) in [5.41, 5.74) is 0. The molecule has 1 aromatic heterocycles. The third-order valence-corrected chi connectivity index (χ3v) is 5.72. The Labute approximate surface area is 127 Å². The molecule has 2 aromatic rings. The number of carbonyl (C=O) groups excluding carboxylic acids is 1. The number of rotatable bonds is 3. The Bertz CT molecular complexity index is 749. The van der Waals surface area contributed by atoms with Gasteiger partial charge in [-0.25, -0.2) is 13.6 Å². The molecule has 1 aromatic carbocycles. The van der Waals surface area contributed by atoms with Crippen molar-refractivity contribution in [2.75, 3.05) is 18.8 Å². The van der Waals surface area contributed by atoms with E-state index in [-0.39, 0.29) is 17.6 Å². The Morgan fingerprint density at radius 1 is 1.38 bits per heavy atom. The SMILES string of the molecule is NS(=O)(=O)C[C@H]1CCN(C(=O)c2cc3ccccc3s2)C1. The summed E-state index contributed by atoms with van der Waals surface area (Å²) in [6, 6.07) is 9.77. The van der Waals surface area contributed by atoms with Gasteiger partial charge < -0.3 is 4.90 Å². The number of hydrogen-bond donors (Lipinski definition) is 1. The van der Waals surface area contributed by atoms with Crippen molar-refractivity contribution < 1.29 is 13.2 Å². The average molecular weight is 324 g/mol. The van der Waals surface area contributed by atoms with Crippen molar-refractivity contribution in [3.8, 4) is 0 Å². The third kappa shape index (κ3) is 3.25. The van der Waals surface area contributed by atoms with E-state index in [2.05, 4.69) is 0 Å². The van der Waals surface area contributed by atoms with Gasteiger partial charge in [0.25, 0.3) is 5.91 Å². The van der Waals surface area contributed by atoms with E-state index in [9.17, 15) is 13.2 Å². The Kier molecular flexibility index (Phi) is 3.73. The van der Waals surface area contributed by atoms with E-state index in [0.717, 1.165) is 10.1 Å². The first-order valence-electron chi connectivity index (χ1n) is 6.71. The van der Waals surface area contributed by atoms with Crippen LogP contribution in [-0.2, 0) is 10.0 Å². The maximum absolute atomic E-state index is 12.5. The van der Waals surface area contributed by atoms with Crippen LogP contribution < -0.4 is 5.14 Å². The Hall–Kier alpha value is -1.44. The molecule has 0 saturated carbocycles. The summed E-state index contributed by atoms with van der Waals surface area (Å²) in [5.74, 6) is -0.130. The zero-order valence-corrected chi connectivity index (χ0v) is 13.0. The summed E-state index contributed by atoms with van der Waals surface area (Å²) in [5, 5.41) is 6.13. The number of hydrogen-bond acceptors (Lipinski definition) is 4. The van der Waals surface area contributed by atoms with Gasteiger partial charge in [-0.15, -0.1) is 11.3 Å². The third-order valence-electron chi connectivity index (χ3n) is 3.68. The van der Waals surface area contributed by atoms with Crippen molar-refractivity contribution in [2.24, 2.45) is 11.1 Å². The first kappa shape index (κ1) is 14.5. The van der Waals surface area contributed by atoms with Gasteiger partial charge in [0.15, 0.2) is 0 Å². The highest BCUT2D eigenvalue weighted by Gasteiger charge is 2.29. The van der Waals surface area contributed by atoms with Gasteiger partial charge in [-0.05, 0) is 29.9 Å². The van der Waals surface area contributed by atoms with E-state index < -0.39 is 10.0 Å². The Morgan fingerprint density at radius 2 is 2.14 bits per heavy atom. The highest BCUT2D eigenvalue weighted by Crippen LogP contribution is 2.28. The zero-order chi connectivity index (χ0) is 15.0. The van der Waals surface area contributed by atoms with Crippen LogP contribution in [0.5, 0.6) is 0 Å². The van der Waals surface area contributed by atoms with Crippen molar-refractivity contribution in [1.82, 2.24) is 4.90 Å². The van der Waals surface area contributed by atoms with Crippen molar-refractivity contribution in [3.05, 3.63) is 35.2 Å². The molecular formula is C14H16N2O3S2. The van der Waals surface area contributed by atoms with Crippen molar-refractivity contribution in [3.63, 3.8) is 0 Å². The number of nitrogens with zero attached hydrogens (tertiary/aromatic N) is 1. The second-order valence-electron chi connectivity index (χ2n) is 5.38. The van der Waals surface area contributed by atoms with Crippen molar-refractivity contribution >= 4 is 37.4 Å². The summed E-state index contributed by atoms with van der Waals surface area (Å²) in [4.78, 5) is 14.9. The van der Waals surface area contributed by atoms with Gasteiger partial charge in [0.2, 0.25) is 10.0 Å². The molecule has 1 aliphatic heterocycles. The van der Waals surface area contributed by atoms with Crippen LogP contribution in [0.1, 0.15) is 16.1 Å². The topological polar surface area (TPSA) is 80.5 Å². The molecule has 112 valence electrons. The van der Waals surface area contributed by atoms with Crippen LogP contribution in [0.2, 0.25) is 0 Å². The molecule has 0 radical (unpaired) electrons. The number of primary sulfonamides is 1. The number of sulfonamides is 1. The zero-order valence-electron chi connectivity index (χ0n) is 11.4. The molecule has 0 spiro atoms. The molecule has 1 aliphatic rings. The molecule has 5 nitrogen and oxygen atoms in total. The van der Waals surface area contributed by atoms with Crippen LogP contribution in [0.25, 0.3) is 10.1 Å². The van der Waals surface area contributed by atoms with Crippen LogP contribution in [0.15, 0.2) is 30.3 Å². The minimum Gasteiger partial charge on any atom is -0.338 e. The first-order valence-corrected chi connectivity index (χ1v) is 9.24. The molecule has 3 rings (SSSR count). The monoisotopic (exact) mass is 324 g/mol. The fourth-order valence-corrected chi connectivity index (χ4v) is 4.68. The maximum Gasteiger partial charge on any atom is 0.263 e. The molecular weight excluding hydrogens is 308 g/mol. The summed E-state index contributed by atoms with van der Waals surface area (Å²) in [6.07, 6.45) is 0.688. The second kappa shape index (κ2) is 5.40. The number of amides is 1. The van der Waals surface area contributed by atoms with Crippen LogP contribution >= 0.6 is 11.3 Å². The van der Waals surface area contributed by atoms with Gasteiger partial charge in [-0.2, -0.15) is 0 Å². The molecule has 0 bridgehead atoms. The van der Waals surface area contributed by atoms with Crippen molar-refractivity contribution in [1.29, 1.82) is 0 Å². The van der Waals surface area contributed by atoms with E-state index in [1.165, 1.54) is 11.3 Å². The van der Waals surface area contributed by atoms with E-state index in [4.69, 9.17) is 5.14 Å². The van der Waals surface area contributed by atoms with E-state index in [1.54, 1.807) is 4.90 Å². The lowest BCUT2D eigenvalue weighted by atomic mass is 10.2. The predicted molar refractivity (Wildman–Crippen MR) is 83.8 cm³/mol. The molecule has 7 heteroatoms. The summed E-state index contributed by atoms with van der Waals surface area (Å²) >= 11 is 1.47. The van der Waals surface area contributed by atoms with Crippen LogP contribution in [0, 0.1) is 5.92 Å². The fraction of sp³-hybridized carbons (Fsp3) is 0.357. The molecule has 1 fully saturated rings. The fourth-order valence-electron chi connectivity index (χ4n) is 2.72. The highest BCUT2D eigenvalue weighted by atomic mass is 32.2. The molecule has 2 heterocycles. The summed E-state index contributed by atoms with van der Waals surface area (Å²) in [6.45, 7) is 1.05. The number of benzene rings is 1. The molecule has 1 saturated heterocycles. The molecule has 1 amide bonds. The van der Waals surface area contributed by atoms with Crippen LogP contribution in [0.3, 0.4) is 0 Å². The van der Waals surface area contributed by atoms with Gasteiger partial charge >= 0.3 is 0 Å². The minimum absolute atomic E-state index is 0.0203. The van der Waals surface area contributed by atoms with Gasteiger partial charge in [-0.1, -0.05) is 18.2 Å². The minimum atomic E-state index is -3.48. The number of likely N-dealkylation sites (tertiary alicyclic amines) is 1. The number of fused-ring (bicyclic) bond motifs is 1. The van der Waals surface area contributed by atoms with Crippen molar-refractivity contribution in [2.45, 2.75) is 6.42 Å². The summed E-state index contributed by atoms with van der Waals surface area (Å²) < 4.78 is 23.3. The number of thiophene rings is 1. The van der Waals surface area contributed by atoms with Crippen LogP contribution in [-0.4, -0.2) is 38.1 Å². The molecule has 0 aliphatic carbocycles. The van der Waals surface area contributed by atoms with Gasteiger partial charge in [0, 0.05) is 17.8 Å². The lowest BCUT2D eigenvalue weighted by Crippen LogP contribution is -2.30. The standard InChI is InChI=1S/C14H16N2O3S2/c15-21(18,19)9-10-5-6-16(8-10)14(17)13-7-11-3-1-2-4-12(11)20-13/h1-4,7,10H,5-6,8-9H2,(H2,15,18,19)/t10-/m0/s1.